The van der Waals surface area contributed by atoms with Gasteiger partial charge in [0.1, 0.15) is 0 Å². The summed E-state index contributed by atoms with van der Waals surface area (Å²) in [5, 5.41) is 0. The van der Waals surface area contributed by atoms with Gasteiger partial charge in [0, 0.05) is 11.1 Å². The maximum atomic E-state index is 13.4. The summed E-state index contributed by atoms with van der Waals surface area (Å²) in [5.74, 6) is -4.02. The molecule has 2 N–H and O–H groups in total. The molecule has 0 aliphatic heterocycles. The van der Waals surface area contributed by atoms with Crippen LogP contribution in [0.3, 0.4) is 0 Å². The van der Waals surface area contributed by atoms with E-state index in [1.54, 1.807) is 0 Å². The van der Waals surface area contributed by atoms with Crippen molar-refractivity contribution in [2.24, 2.45) is 5.73 Å². The Kier molecular flexibility index (Phi) is 2.70. The van der Waals surface area contributed by atoms with Gasteiger partial charge in [0.25, 0.3) is 0 Å². The Hall–Kier alpha value is -1.75. The van der Waals surface area contributed by atoms with E-state index in [0.717, 1.165) is 12.1 Å². The van der Waals surface area contributed by atoms with Crippen LogP contribution < -0.4 is 5.73 Å². The molecule has 2 rings (SSSR count). The molecule has 1 aromatic carbocycles. The third-order valence-corrected chi connectivity index (χ3v) is 2.30. The molecule has 0 bridgehead atoms. The van der Waals surface area contributed by atoms with E-state index in [1.807, 2.05) is 0 Å². The standard InChI is InChI=1S/C11H8F3NO/c12-8-2-1-7(9(13)10(8)14)11(15)6-3-4-16-5-6/h1-5,11H,15H2. The highest BCUT2D eigenvalue weighted by Crippen LogP contribution is 2.25. The first-order chi connectivity index (χ1) is 7.61. The molecule has 1 unspecified atom stereocenters. The number of hydrogen-bond acceptors (Lipinski definition) is 2. The predicted molar refractivity (Wildman–Crippen MR) is 51.1 cm³/mol. The summed E-state index contributed by atoms with van der Waals surface area (Å²) in [4.78, 5) is 0. The predicted octanol–water partition coefficient (Wildman–Crippen LogP) is 2.75. The van der Waals surface area contributed by atoms with Crippen molar-refractivity contribution >= 4 is 0 Å². The molecule has 16 heavy (non-hydrogen) atoms. The van der Waals surface area contributed by atoms with Crippen LogP contribution in [0.1, 0.15) is 17.2 Å². The Morgan fingerprint density at radius 2 is 1.81 bits per heavy atom. The lowest BCUT2D eigenvalue weighted by Gasteiger charge is -2.11. The Balaban J connectivity index is 2.45. The summed E-state index contributed by atoms with van der Waals surface area (Å²) in [7, 11) is 0. The van der Waals surface area contributed by atoms with E-state index in [4.69, 9.17) is 10.2 Å². The fourth-order valence-corrected chi connectivity index (χ4v) is 1.41. The molecular formula is C11H8F3NO. The number of hydrogen-bond donors (Lipinski definition) is 1. The summed E-state index contributed by atoms with van der Waals surface area (Å²) in [6.45, 7) is 0. The third kappa shape index (κ3) is 1.69. The van der Waals surface area contributed by atoms with Gasteiger partial charge < -0.3 is 10.2 Å². The maximum Gasteiger partial charge on any atom is 0.194 e. The Labute approximate surface area is 89.5 Å². The molecule has 1 heterocycles. The van der Waals surface area contributed by atoms with Crippen molar-refractivity contribution in [3.05, 3.63) is 59.3 Å². The van der Waals surface area contributed by atoms with Crippen molar-refractivity contribution in [3.8, 4) is 0 Å². The Morgan fingerprint density at radius 1 is 1.06 bits per heavy atom. The quantitative estimate of drug-likeness (QED) is 0.801. The monoisotopic (exact) mass is 227 g/mol. The molecule has 0 aliphatic carbocycles. The van der Waals surface area contributed by atoms with E-state index in [2.05, 4.69) is 0 Å². The largest absolute Gasteiger partial charge is 0.472 e. The molecule has 0 spiro atoms. The smallest absolute Gasteiger partial charge is 0.194 e. The number of nitrogens with two attached hydrogens (primary N) is 1. The van der Waals surface area contributed by atoms with Gasteiger partial charge >= 0.3 is 0 Å². The number of halogens is 3. The summed E-state index contributed by atoms with van der Waals surface area (Å²) in [6, 6.07) is 2.61. The highest BCUT2D eigenvalue weighted by Gasteiger charge is 2.19. The molecule has 5 heteroatoms. The molecular weight excluding hydrogens is 219 g/mol. The molecule has 1 aromatic heterocycles. The zero-order chi connectivity index (χ0) is 11.7. The third-order valence-electron chi connectivity index (χ3n) is 2.30. The minimum Gasteiger partial charge on any atom is -0.472 e. The average molecular weight is 227 g/mol. The summed E-state index contributed by atoms with van der Waals surface area (Å²) in [5.41, 5.74) is 6.07. The molecule has 0 saturated heterocycles. The zero-order valence-corrected chi connectivity index (χ0v) is 8.08. The van der Waals surface area contributed by atoms with E-state index < -0.39 is 23.5 Å². The molecule has 0 radical (unpaired) electrons. The van der Waals surface area contributed by atoms with Gasteiger partial charge in [-0.2, -0.15) is 0 Å². The van der Waals surface area contributed by atoms with Gasteiger partial charge in [-0.3, -0.25) is 0 Å². The minimum atomic E-state index is -1.52. The van der Waals surface area contributed by atoms with E-state index in [9.17, 15) is 13.2 Å². The molecule has 0 aliphatic rings. The van der Waals surface area contributed by atoms with E-state index in [1.165, 1.54) is 18.6 Å². The fraction of sp³-hybridized carbons (Fsp3) is 0.0909. The first-order valence-electron chi connectivity index (χ1n) is 4.52. The van der Waals surface area contributed by atoms with Crippen LogP contribution in [0.25, 0.3) is 0 Å². The second kappa shape index (κ2) is 4.02. The lowest BCUT2D eigenvalue weighted by molar-refractivity contribution is 0.438. The van der Waals surface area contributed by atoms with Crippen molar-refractivity contribution in [1.82, 2.24) is 0 Å². The zero-order valence-electron chi connectivity index (χ0n) is 8.08. The lowest BCUT2D eigenvalue weighted by atomic mass is 10.0. The van der Waals surface area contributed by atoms with Crippen LogP contribution in [-0.4, -0.2) is 0 Å². The van der Waals surface area contributed by atoms with Gasteiger partial charge in [0.2, 0.25) is 0 Å². The molecule has 0 amide bonds. The van der Waals surface area contributed by atoms with Crippen molar-refractivity contribution in [2.75, 3.05) is 0 Å². The SMILES string of the molecule is NC(c1ccoc1)c1ccc(F)c(F)c1F. The minimum absolute atomic E-state index is 0.111. The van der Waals surface area contributed by atoms with Crippen LogP contribution in [-0.2, 0) is 0 Å². The highest BCUT2D eigenvalue weighted by molar-refractivity contribution is 5.31. The Morgan fingerprint density at radius 3 is 2.44 bits per heavy atom. The topological polar surface area (TPSA) is 39.2 Å². The number of benzene rings is 1. The summed E-state index contributed by atoms with van der Waals surface area (Å²) in [6.07, 6.45) is 2.69. The van der Waals surface area contributed by atoms with Gasteiger partial charge in [-0.15, -0.1) is 0 Å². The maximum absolute atomic E-state index is 13.4. The summed E-state index contributed by atoms with van der Waals surface area (Å²) >= 11 is 0. The van der Waals surface area contributed by atoms with Crippen LogP contribution in [0.2, 0.25) is 0 Å². The second-order valence-corrected chi connectivity index (χ2v) is 3.30. The van der Waals surface area contributed by atoms with Crippen molar-refractivity contribution in [2.45, 2.75) is 6.04 Å². The van der Waals surface area contributed by atoms with Crippen molar-refractivity contribution in [1.29, 1.82) is 0 Å². The first-order valence-corrected chi connectivity index (χ1v) is 4.52. The van der Waals surface area contributed by atoms with Gasteiger partial charge in [-0.05, 0) is 12.1 Å². The number of rotatable bonds is 2. The van der Waals surface area contributed by atoms with Crippen LogP contribution >= 0.6 is 0 Å². The van der Waals surface area contributed by atoms with Gasteiger partial charge in [-0.25, -0.2) is 13.2 Å². The molecule has 0 fully saturated rings. The van der Waals surface area contributed by atoms with Crippen LogP contribution in [0, 0.1) is 17.5 Å². The molecule has 84 valence electrons. The summed E-state index contributed by atoms with van der Waals surface area (Å²) < 4.78 is 43.8. The molecule has 1 atom stereocenters. The molecule has 0 saturated carbocycles. The van der Waals surface area contributed by atoms with Crippen molar-refractivity contribution in [3.63, 3.8) is 0 Å². The van der Waals surface area contributed by atoms with Gasteiger partial charge in [0.15, 0.2) is 17.5 Å². The Bertz CT molecular complexity index is 496. The van der Waals surface area contributed by atoms with Crippen LogP contribution in [0.4, 0.5) is 13.2 Å². The first kappa shape index (κ1) is 10.8. The normalized spacial score (nSPS) is 12.8. The lowest BCUT2D eigenvalue weighted by Crippen LogP contribution is -2.14. The number of furan rings is 1. The molecule has 2 nitrogen and oxygen atoms in total. The van der Waals surface area contributed by atoms with Gasteiger partial charge in [0.05, 0.1) is 18.6 Å². The van der Waals surface area contributed by atoms with E-state index >= 15 is 0 Å². The van der Waals surface area contributed by atoms with E-state index in [-0.39, 0.29) is 5.56 Å². The second-order valence-electron chi connectivity index (χ2n) is 3.30. The average Bonchev–Trinajstić information content (AvgIpc) is 2.79. The van der Waals surface area contributed by atoms with Crippen LogP contribution in [0.5, 0.6) is 0 Å². The molecule has 2 aromatic rings. The van der Waals surface area contributed by atoms with Crippen LogP contribution in [0.15, 0.2) is 35.1 Å². The highest BCUT2D eigenvalue weighted by atomic mass is 19.2. The van der Waals surface area contributed by atoms with Gasteiger partial charge in [-0.1, -0.05) is 6.07 Å². The fourth-order valence-electron chi connectivity index (χ4n) is 1.41. The van der Waals surface area contributed by atoms with E-state index in [0.29, 0.717) is 5.56 Å². The van der Waals surface area contributed by atoms with Crippen molar-refractivity contribution < 1.29 is 17.6 Å².